The predicted molar refractivity (Wildman–Crippen MR) is 87.5 cm³/mol. The molecule has 0 radical (unpaired) electrons. The number of benzene rings is 2. The number of methoxy groups -OCH3 is 1. The zero-order valence-electron chi connectivity index (χ0n) is 11.6. The Morgan fingerprint density at radius 1 is 1.26 bits per heavy atom. The minimum Gasteiger partial charge on any atom is -0.492 e. The van der Waals surface area contributed by atoms with Gasteiger partial charge in [-0.25, -0.2) is 18.0 Å². The van der Waals surface area contributed by atoms with E-state index in [0.29, 0.717) is 8.14 Å². The molecule has 3 rings (SSSR count). The number of ether oxygens (including phenoxy) is 1. The van der Waals surface area contributed by atoms with Crippen molar-refractivity contribution in [3.8, 4) is 11.4 Å². The molecule has 2 aromatic carbocycles. The standard InChI is InChI=1S/C14H9F3IN3O2/c1-23-13-10(19)8(16)9(17)12-11(13)20-14(22)21(12)7-3-2-5(18)4-6(7)15/h2-4H,19H2,1H3,(H,20,22). The first-order valence-electron chi connectivity index (χ1n) is 6.27. The summed E-state index contributed by atoms with van der Waals surface area (Å²) in [5.41, 5.74) is 3.21. The lowest BCUT2D eigenvalue weighted by atomic mass is 10.2. The first-order valence-corrected chi connectivity index (χ1v) is 7.35. The molecule has 0 bridgehead atoms. The Hall–Kier alpha value is -2.17. The van der Waals surface area contributed by atoms with Crippen molar-refractivity contribution in [1.29, 1.82) is 0 Å². The van der Waals surface area contributed by atoms with Crippen LogP contribution >= 0.6 is 22.6 Å². The van der Waals surface area contributed by atoms with E-state index in [0.717, 1.165) is 0 Å². The summed E-state index contributed by atoms with van der Waals surface area (Å²) in [6.07, 6.45) is 0. The van der Waals surface area contributed by atoms with E-state index in [4.69, 9.17) is 10.5 Å². The van der Waals surface area contributed by atoms with Crippen LogP contribution in [0.15, 0.2) is 23.0 Å². The van der Waals surface area contributed by atoms with Crippen LogP contribution in [0.1, 0.15) is 0 Å². The number of nitrogens with zero attached hydrogens (tertiary/aromatic N) is 1. The Balaban J connectivity index is 2.50. The van der Waals surface area contributed by atoms with Gasteiger partial charge in [0.15, 0.2) is 17.4 Å². The van der Waals surface area contributed by atoms with Gasteiger partial charge in [0, 0.05) is 3.57 Å². The van der Waals surface area contributed by atoms with Crippen molar-refractivity contribution in [1.82, 2.24) is 9.55 Å². The third kappa shape index (κ3) is 2.26. The molecule has 3 aromatic rings. The lowest BCUT2D eigenvalue weighted by molar-refractivity contribution is 0.415. The van der Waals surface area contributed by atoms with Crippen LogP contribution in [-0.4, -0.2) is 16.7 Å². The molecule has 0 aliphatic heterocycles. The number of aromatic nitrogens is 2. The molecule has 5 nitrogen and oxygen atoms in total. The quantitative estimate of drug-likeness (QED) is 0.481. The van der Waals surface area contributed by atoms with Gasteiger partial charge in [-0.2, -0.15) is 0 Å². The van der Waals surface area contributed by atoms with Gasteiger partial charge in [0.2, 0.25) is 0 Å². The number of nitrogens with two attached hydrogens (primary N) is 1. The second-order valence-corrected chi connectivity index (χ2v) is 5.91. The van der Waals surface area contributed by atoms with Crippen LogP contribution < -0.4 is 16.2 Å². The zero-order chi connectivity index (χ0) is 16.9. The average Bonchev–Trinajstić information content (AvgIpc) is 2.83. The van der Waals surface area contributed by atoms with E-state index in [-0.39, 0.29) is 17.0 Å². The molecule has 0 saturated heterocycles. The fourth-order valence-electron chi connectivity index (χ4n) is 2.37. The summed E-state index contributed by atoms with van der Waals surface area (Å²) in [7, 11) is 1.20. The number of rotatable bonds is 2. The Morgan fingerprint density at radius 2 is 1.96 bits per heavy atom. The zero-order valence-corrected chi connectivity index (χ0v) is 13.7. The predicted octanol–water partition coefficient (Wildman–Crippen LogP) is 2.93. The van der Waals surface area contributed by atoms with Crippen LogP contribution in [0, 0.1) is 21.0 Å². The van der Waals surface area contributed by atoms with Gasteiger partial charge < -0.3 is 15.5 Å². The maximum Gasteiger partial charge on any atom is 0.331 e. The average molecular weight is 435 g/mol. The minimum absolute atomic E-state index is 0.146. The van der Waals surface area contributed by atoms with Crippen LogP contribution in [0.5, 0.6) is 5.75 Å². The molecule has 3 N–H and O–H groups in total. The Bertz CT molecular complexity index is 997. The van der Waals surface area contributed by atoms with Crippen molar-refractivity contribution in [2.45, 2.75) is 0 Å². The number of H-pyrrole nitrogens is 1. The molecule has 9 heteroatoms. The van der Waals surface area contributed by atoms with Crippen LogP contribution in [-0.2, 0) is 0 Å². The number of anilines is 1. The summed E-state index contributed by atoms with van der Waals surface area (Å²) in [5, 5.41) is 0. The van der Waals surface area contributed by atoms with Gasteiger partial charge in [-0.05, 0) is 40.8 Å². The molecular weight excluding hydrogens is 426 g/mol. The van der Waals surface area contributed by atoms with Gasteiger partial charge in [0.25, 0.3) is 0 Å². The number of fused-ring (bicyclic) bond motifs is 1. The van der Waals surface area contributed by atoms with Crippen molar-refractivity contribution in [2.75, 3.05) is 12.8 Å². The number of imidazole rings is 1. The molecule has 0 atom stereocenters. The fourth-order valence-corrected chi connectivity index (χ4v) is 2.82. The summed E-state index contributed by atoms with van der Waals surface area (Å²) in [4.78, 5) is 14.5. The maximum absolute atomic E-state index is 14.3. The van der Waals surface area contributed by atoms with Gasteiger partial charge in [-0.3, -0.25) is 4.57 Å². The van der Waals surface area contributed by atoms with E-state index in [1.165, 1.54) is 25.3 Å². The first kappa shape index (κ1) is 15.7. The van der Waals surface area contributed by atoms with E-state index < -0.39 is 34.3 Å². The third-order valence-corrected chi connectivity index (χ3v) is 4.03. The molecule has 1 heterocycles. The smallest absolute Gasteiger partial charge is 0.331 e. The number of nitrogen functional groups attached to an aromatic ring is 1. The van der Waals surface area contributed by atoms with Crippen molar-refractivity contribution < 1.29 is 17.9 Å². The number of hydrogen-bond donors (Lipinski definition) is 2. The topological polar surface area (TPSA) is 73.0 Å². The van der Waals surface area contributed by atoms with Gasteiger partial charge in [0.05, 0.1) is 12.8 Å². The van der Waals surface area contributed by atoms with E-state index >= 15 is 0 Å². The highest BCUT2D eigenvalue weighted by atomic mass is 127. The number of halogens is 4. The molecule has 1 aromatic heterocycles. The van der Waals surface area contributed by atoms with E-state index in [9.17, 15) is 18.0 Å². The molecule has 23 heavy (non-hydrogen) atoms. The maximum atomic E-state index is 14.3. The molecule has 0 fully saturated rings. The molecule has 0 saturated carbocycles. The van der Waals surface area contributed by atoms with E-state index in [2.05, 4.69) is 4.98 Å². The highest BCUT2D eigenvalue weighted by Crippen LogP contribution is 2.36. The van der Waals surface area contributed by atoms with Gasteiger partial charge >= 0.3 is 5.69 Å². The van der Waals surface area contributed by atoms with Crippen LogP contribution in [0.4, 0.5) is 18.9 Å². The molecular formula is C14H9F3IN3O2. The lowest BCUT2D eigenvalue weighted by Gasteiger charge is -2.10. The second kappa shape index (κ2) is 5.48. The second-order valence-electron chi connectivity index (χ2n) is 4.66. The normalized spacial score (nSPS) is 11.2. The minimum atomic E-state index is -1.37. The molecule has 0 spiro atoms. The first-order chi connectivity index (χ1) is 10.9. The highest BCUT2D eigenvalue weighted by molar-refractivity contribution is 14.1. The lowest BCUT2D eigenvalue weighted by Crippen LogP contribution is -2.16. The largest absolute Gasteiger partial charge is 0.492 e. The number of aromatic amines is 1. The fraction of sp³-hybridized carbons (Fsp3) is 0.0714. The summed E-state index contributed by atoms with van der Waals surface area (Å²) < 4.78 is 48.7. The Labute approximate surface area is 141 Å². The number of nitrogens with one attached hydrogen (secondary N) is 1. The molecule has 0 unspecified atom stereocenters. The molecule has 0 aliphatic carbocycles. The van der Waals surface area contributed by atoms with E-state index in [1.807, 2.05) is 22.6 Å². The summed E-state index contributed by atoms with van der Waals surface area (Å²) in [6, 6.07) is 4.00. The third-order valence-electron chi connectivity index (χ3n) is 3.36. The van der Waals surface area contributed by atoms with Crippen LogP contribution in [0.3, 0.4) is 0 Å². The van der Waals surface area contributed by atoms with E-state index in [1.54, 1.807) is 0 Å². The summed E-state index contributed by atoms with van der Waals surface area (Å²) >= 11 is 1.89. The van der Waals surface area contributed by atoms with Crippen molar-refractivity contribution in [3.63, 3.8) is 0 Å². The SMILES string of the molecule is COc1c(N)c(F)c(F)c2c1[nH]c(=O)n2-c1ccc(I)cc1F. The van der Waals surface area contributed by atoms with Crippen molar-refractivity contribution >= 4 is 39.3 Å². The highest BCUT2D eigenvalue weighted by Gasteiger charge is 2.25. The van der Waals surface area contributed by atoms with Gasteiger partial charge in [-0.15, -0.1) is 0 Å². The summed E-state index contributed by atoms with van der Waals surface area (Å²) in [6.45, 7) is 0. The molecule has 120 valence electrons. The van der Waals surface area contributed by atoms with Crippen molar-refractivity contribution in [3.05, 3.63) is 49.7 Å². The number of hydrogen-bond acceptors (Lipinski definition) is 3. The van der Waals surface area contributed by atoms with Gasteiger partial charge in [-0.1, -0.05) is 0 Å². The Kier molecular flexibility index (Phi) is 3.74. The molecule has 0 aliphatic rings. The Morgan fingerprint density at radius 3 is 2.57 bits per heavy atom. The monoisotopic (exact) mass is 435 g/mol. The van der Waals surface area contributed by atoms with Crippen LogP contribution in [0.2, 0.25) is 0 Å². The van der Waals surface area contributed by atoms with Gasteiger partial charge in [0.1, 0.15) is 22.5 Å². The van der Waals surface area contributed by atoms with Crippen LogP contribution in [0.25, 0.3) is 16.7 Å². The van der Waals surface area contributed by atoms with Crippen molar-refractivity contribution in [2.24, 2.45) is 0 Å². The molecule has 0 amide bonds. The summed E-state index contributed by atoms with van der Waals surface area (Å²) in [5.74, 6) is -3.71.